The van der Waals surface area contributed by atoms with E-state index in [1.165, 1.54) is 36.4 Å². The summed E-state index contributed by atoms with van der Waals surface area (Å²) in [7, 11) is -3.43. The number of phenols is 2. The van der Waals surface area contributed by atoms with Gasteiger partial charge >= 0.3 is 0 Å². The van der Waals surface area contributed by atoms with Gasteiger partial charge in [-0.1, -0.05) is 24.3 Å². The lowest BCUT2D eigenvalue weighted by atomic mass is 10.0. The van der Waals surface area contributed by atoms with Gasteiger partial charge in [0.05, 0.1) is 11.5 Å². The van der Waals surface area contributed by atoms with E-state index < -0.39 is 9.84 Å². The van der Waals surface area contributed by atoms with E-state index >= 15 is 0 Å². The maximum Gasteiger partial charge on any atom is 0.187 e. The van der Waals surface area contributed by atoms with Crippen molar-refractivity contribution in [3.63, 3.8) is 0 Å². The number of Topliss-reactive ketones (excluding diaryl/α,β-unsaturated/α-hetero) is 1. The summed E-state index contributed by atoms with van der Waals surface area (Å²) in [5.74, 6) is -0.731. The molecule has 0 aromatic heterocycles. The Morgan fingerprint density at radius 2 is 1.08 bits per heavy atom. The average molecular weight is 356 g/mol. The van der Waals surface area contributed by atoms with Gasteiger partial charge in [0, 0.05) is 11.1 Å². The third-order valence-corrected chi connectivity index (χ3v) is 5.30. The van der Waals surface area contributed by atoms with Crippen LogP contribution in [0.3, 0.4) is 0 Å². The minimum Gasteiger partial charge on any atom is -0.508 e. The first-order valence-electron chi connectivity index (χ1n) is 7.57. The number of aromatic hydroxyl groups is 2. The molecular formula is C19H16O5S. The van der Waals surface area contributed by atoms with Gasteiger partial charge in [-0.2, -0.15) is 0 Å². The lowest BCUT2D eigenvalue weighted by Gasteiger charge is -2.17. The molecule has 1 aliphatic heterocycles. The number of hydrogen-bond donors (Lipinski definition) is 2. The molecule has 0 spiro atoms. The minimum absolute atomic E-state index is 0.0951. The Bertz CT molecular complexity index is 892. The molecule has 25 heavy (non-hydrogen) atoms. The van der Waals surface area contributed by atoms with Gasteiger partial charge < -0.3 is 10.2 Å². The van der Waals surface area contributed by atoms with Crippen molar-refractivity contribution in [1.82, 2.24) is 0 Å². The van der Waals surface area contributed by atoms with Crippen LogP contribution in [-0.4, -0.2) is 35.9 Å². The number of phenolic OH excluding ortho intramolecular Hbond substituents is 2. The number of sulfone groups is 1. The number of ketones is 1. The monoisotopic (exact) mass is 356 g/mol. The van der Waals surface area contributed by atoms with Gasteiger partial charge in [0.2, 0.25) is 0 Å². The molecule has 2 N–H and O–H groups in total. The molecule has 0 radical (unpaired) electrons. The lowest BCUT2D eigenvalue weighted by molar-refractivity contribution is -0.112. The number of carbonyl (C=O) groups is 1. The normalized spacial score (nSPS) is 20.1. The maximum absolute atomic E-state index is 12.7. The van der Waals surface area contributed by atoms with Crippen molar-refractivity contribution < 1.29 is 23.4 Å². The van der Waals surface area contributed by atoms with Crippen LogP contribution in [0.5, 0.6) is 11.5 Å². The summed E-state index contributed by atoms with van der Waals surface area (Å²) in [6.45, 7) is 0. The first kappa shape index (κ1) is 17.0. The van der Waals surface area contributed by atoms with Gasteiger partial charge in [0.25, 0.3) is 0 Å². The average Bonchev–Trinajstić information content (AvgIpc) is 2.55. The van der Waals surface area contributed by atoms with Crippen LogP contribution in [0.2, 0.25) is 0 Å². The molecule has 1 saturated heterocycles. The SMILES string of the molecule is O=C1/C(=C/c2ccc(O)cc2)CS(=O)(=O)C/C1=C\c1ccc(O)cc1. The van der Waals surface area contributed by atoms with E-state index in [-0.39, 0.29) is 39.9 Å². The summed E-state index contributed by atoms with van der Waals surface area (Å²) in [6, 6.07) is 12.3. The van der Waals surface area contributed by atoms with E-state index in [2.05, 4.69) is 0 Å². The predicted octanol–water partition coefficient (Wildman–Crippen LogP) is 2.56. The molecule has 1 fully saturated rings. The van der Waals surface area contributed by atoms with Crippen LogP contribution in [0, 0.1) is 0 Å². The summed E-state index contributed by atoms with van der Waals surface area (Å²) in [4.78, 5) is 12.7. The standard InChI is InChI=1S/C19H16O5S/c20-17-5-1-13(2-6-17)9-15-11-25(23,24)12-16(19(15)22)10-14-3-7-18(21)8-4-14/h1-10,20-21H,11-12H2/b15-9+,16-10+. The molecule has 3 rings (SSSR count). The highest BCUT2D eigenvalue weighted by atomic mass is 32.2. The Morgan fingerprint density at radius 3 is 1.44 bits per heavy atom. The van der Waals surface area contributed by atoms with Crippen LogP contribution in [-0.2, 0) is 14.6 Å². The van der Waals surface area contributed by atoms with E-state index in [0.717, 1.165) is 0 Å². The van der Waals surface area contributed by atoms with Crippen LogP contribution in [0.25, 0.3) is 12.2 Å². The molecule has 128 valence electrons. The summed E-state index contributed by atoms with van der Waals surface area (Å²) in [5, 5.41) is 18.6. The van der Waals surface area contributed by atoms with Gasteiger partial charge in [-0.15, -0.1) is 0 Å². The third kappa shape index (κ3) is 4.16. The Hall–Kier alpha value is -2.86. The van der Waals surface area contributed by atoms with Gasteiger partial charge in [-0.3, -0.25) is 4.79 Å². The van der Waals surface area contributed by atoms with E-state index in [0.29, 0.717) is 11.1 Å². The topological polar surface area (TPSA) is 91.7 Å². The van der Waals surface area contributed by atoms with Crippen molar-refractivity contribution in [2.45, 2.75) is 0 Å². The molecule has 1 aliphatic rings. The Kier molecular flexibility index (Phi) is 4.46. The van der Waals surface area contributed by atoms with E-state index in [1.54, 1.807) is 24.3 Å². The van der Waals surface area contributed by atoms with E-state index in [9.17, 15) is 23.4 Å². The minimum atomic E-state index is -3.43. The Labute approximate surface area is 145 Å². The van der Waals surface area contributed by atoms with Gasteiger partial charge in [0.15, 0.2) is 15.6 Å². The van der Waals surface area contributed by atoms with Crippen molar-refractivity contribution >= 4 is 27.8 Å². The summed E-state index contributed by atoms with van der Waals surface area (Å²) in [5.41, 5.74) is 1.67. The van der Waals surface area contributed by atoms with Gasteiger partial charge in [0.1, 0.15) is 11.5 Å². The van der Waals surface area contributed by atoms with Crippen LogP contribution < -0.4 is 0 Å². The fraction of sp³-hybridized carbons (Fsp3) is 0.105. The van der Waals surface area contributed by atoms with Crippen molar-refractivity contribution in [2.75, 3.05) is 11.5 Å². The zero-order valence-corrected chi connectivity index (χ0v) is 14.0. The number of hydrogen-bond acceptors (Lipinski definition) is 5. The van der Waals surface area contributed by atoms with Crippen molar-refractivity contribution in [3.8, 4) is 11.5 Å². The molecular weight excluding hydrogens is 340 g/mol. The summed E-state index contributed by atoms with van der Waals surface area (Å²) in [6.07, 6.45) is 3.06. The Balaban J connectivity index is 1.99. The third-order valence-electron chi connectivity index (χ3n) is 3.80. The molecule has 5 nitrogen and oxygen atoms in total. The quantitative estimate of drug-likeness (QED) is 0.807. The van der Waals surface area contributed by atoms with E-state index in [1.807, 2.05) is 0 Å². The molecule has 1 heterocycles. The number of benzene rings is 2. The molecule has 0 amide bonds. The second-order valence-corrected chi connectivity index (χ2v) is 7.95. The molecule has 6 heteroatoms. The highest BCUT2D eigenvalue weighted by Gasteiger charge is 2.30. The molecule has 0 saturated carbocycles. The predicted molar refractivity (Wildman–Crippen MR) is 95.8 cm³/mol. The largest absolute Gasteiger partial charge is 0.508 e. The molecule has 0 atom stereocenters. The highest BCUT2D eigenvalue weighted by molar-refractivity contribution is 7.92. The fourth-order valence-electron chi connectivity index (χ4n) is 2.62. The molecule has 0 bridgehead atoms. The zero-order valence-electron chi connectivity index (χ0n) is 13.2. The Morgan fingerprint density at radius 1 is 0.720 bits per heavy atom. The second kappa shape index (κ2) is 6.57. The second-order valence-electron chi connectivity index (χ2n) is 5.88. The van der Waals surface area contributed by atoms with Crippen molar-refractivity contribution in [1.29, 1.82) is 0 Å². The highest BCUT2D eigenvalue weighted by Crippen LogP contribution is 2.24. The van der Waals surface area contributed by atoms with Gasteiger partial charge in [-0.25, -0.2) is 8.42 Å². The maximum atomic E-state index is 12.7. The summed E-state index contributed by atoms with van der Waals surface area (Å²) < 4.78 is 24.4. The first-order chi connectivity index (χ1) is 11.8. The van der Waals surface area contributed by atoms with Crippen molar-refractivity contribution in [3.05, 3.63) is 70.8 Å². The van der Waals surface area contributed by atoms with Crippen molar-refractivity contribution in [2.24, 2.45) is 0 Å². The van der Waals surface area contributed by atoms with E-state index in [4.69, 9.17) is 0 Å². The molecule has 2 aromatic carbocycles. The fourth-order valence-corrected chi connectivity index (χ4v) is 4.10. The smallest absolute Gasteiger partial charge is 0.187 e. The van der Waals surface area contributed by atoms with Gasteiger partial charge in [-0.05, 0) is 47.5 Å². The number of carbonyl (C=O) groups excluding carboxylic acids is 1. The number of rotatable bonds is 2. The molecule has 0 unspecified atom stereocenters. The van der Waals surface area contributed by atoms with Crippen LogP contribution in [0.15, 0.2) is 59.7 Å². The van der Waals surface area contributed by atoms with Crippen LogP contribution >= 0.6 is 0 Å². The van der Waals surface area contributed by atoms with Crippen LogP contribution in [0.1, 0.15) is 11.1 Å². The lowest BCUT2D eigenvalue weighted by Crippen LogP contribution is -2.28. The first-order valence-corrected chi connectivity index (χ1v) is 9.39. The molecule has 0 aliphatic carbocycles. The zero-order chi connectivity index (χ0) is 18.0. The summed E-state index contributed by atoms with van der Waals surface area (Å²) >= 11 is 0. The molecule has 2 aromatic rings. The van der Waals surface area contributed by atoms with Crippen LogP contribution in [0.4, 0.5) is 0 Å².